The number of fused-ring (bicyclic) bond motifs is 1. The van der Waals surface area contributed by atoms with Crippen molar-refractivity contribution in [3.63, 3.8) is 0 Å². The summed E-state index contributed by atoms with van der Waals surface area (Å²) in [6, 6.07) is 4.56. The van der Waals surface area contributed by atoms with E-state index in [1.165, 1.54) is 32.4 Å². The van der Waals surface area contributed by atoms with E-state index in [2.05, 4.69) is 34.1 Å². The van der Waals surface area contributed by atoms with Gasteiger partial charge in [-0.15, -0.1) is 0 Å². The molecule has 0 radical (unpaired) electrons. The smallest absolute Gasteiger partial charge is 0.165 e. The van der Waals surface area contributed by atoms with Crippen molar-refractivity contribution in [2.24, 2.45) is 13.0 Å². The van der Waals surface area contributed by atoms with Gasteiger partial charge < -0.3 is 10.2 Å². The van der Waals surface area contributed by atoms with E-state index in [-0.39, 0.29) is 0 Å². The maximum absolute atomic E-state index is 4.84. The molecule has 0 spiro atoms. The summed E-state index contributed by atoms with van der Waals surface area (Å²) in [6.07, 6.45) is 7.30. The van der Waals surface area contributed by atoms with Crippen molar-refractivity contribution in [1.29, 1.82) is 0 Å². The predicted octanol–water partition coefficient (Wildman–Crippen LogP) is 3.66. The van der Waals surface area contributed by atoms with Crippen LogP contribution in [0.1, 0.15) is 38.8 Å². The van der Waals surface area contributed by atoms with E-state index in [1.807, 2.05) is 30.8 Å². The van der Waals surface area contributed by atoms with Crippen LogP contribution in [-0.4, -0.2) is 55.3 Å². The number of pyridine rings is 1. The van der Waals surface area contributed by atoms with Crippen LogP contribution in [0.15, 0.2) is 24.5 Å². The van der Waals surface area contributed by atoms with Gasteiger partial charge in [-0.05, 0) is 71.2 Å². The third-order valence-electron chi connectivity index (χ3n) is 6.00. The molecule has 4 rings (SSSR count). The number of aromatic nitrogens is 5. The summed E-state index contributed by atoms with van der Waals surface area (Å²) in [7, 11) is 1.93. The fraction of sp³-hybridized carbons (Fsp3) is 0.545. The molecule has 0 atom stereocenters. The second-order valence-corrected chi connectivity index (χ2v) is 8.33. The Labute approximate surface area is 172 Å². The standard InChI is InChI=1S/C22H31N7/c1-15(2)29-12-8-17(9-13-29)7-11-24-21-19-16(3)27-28(4)22(19)26-20(25-21)18-6-5-10-23-14-18/h5-6,10,14-15,17H,7-9,11-13H2,1-4H3,(H,24,25,26). The van der Waals surface area contributed by atoms with Gasteiger partial charge in [-0.2, -0.15) is 5.10 Å². The van der Waals surface area contributed by atoms with Gasteiger partial charge in [-0.3, -0.25) is 9.67 Å². The highest BCUT2D eigenvalue weighted by atomic mass is 15.3. The fourth-order valence-corrected chi connectivity index (χ4v) is 4.24. The lowest BCUT2D eigenvalue weighted by molar-refractivity contribution is 0.147. The van der Waals surface area contributed by atoms with Gasteiger partial charge >= 0.3 is 0 Å². The number of hydrogen-bond donors (Lipinski definition) is 1. The molecule has 7 heteroatoms. The fourth-order valence-electron chi connectivity index (χ4n) is 4.24. The Balaban J connectivity index is 1.51. The SMILES string of the molecule is Cc1nn(C)c2nc(-c3cccnc3)nc(NCCC3CCN(C(C)C)CC3)c12. The molecular weight excluding hydrogens is 362 g/mol. The van der Waals surface area contributed by atoms with Gasteiger partial charge in [0.05, 0.1) is 11.1 Å². The van der Waals surface area contributed by atoms with E-state index < -0.39 is 0 Å². The molecular formula is C22H31N7. The number of likely N-dealkylation sites (tertiary alicyclic amines) is 1. The second kappa shape index (κ2) is 8.45. The zero-order chi connectivity index (χ0) is 20.4. The molecule has 1 aliphatic rings. The van der Waals surface area contributed by atoms with E-state index in [0.717, 1.165) is 40.6 Å². The number of anilines is 1. The van der Waals surface area contributed by atoms with Crippen LogP contribution in [0.25, 0.3) is 22.4 Å². The molecule has 4 heterocycles. The average Bonchev–Trinajstić information content (AvgIpc) is 3.03. The lowest BCUT2D eigenvalue weighted by atomic mass is 9.93. The number of piperidine rings is 1. The van der Waals surface area contributed by atoms with E-state index in [9.17, 15) is 0 Å². The summed E-state index contributed by atoms with van der Waals surface area (Å²) < 4.78 is 1.83. The molecule has 1 saturated heterocycles. The van der Waals surface area contributed by atoms with Gasteiger partial charge in [0.15, 0.2) is 11.5 Å². The number of rotatable bonds is 6. The molecule has 0 unspecified atom stereocenters. The van der Waals surface area contributed by atoms with Crippen LogP contribution in [0.4, 0.5) is 5.82 Å². The highest BCUT2D eigenvalue weighted by molar-refractivity contribution is 5.90. The minimum absolute atomic E-state index is 0.655. The van der Waals surface area contributed by atoms with Crippen molar-refractivity contribution < 1.29 is 0 Å². The van der Waals surface area contributed by atoms with Crippen molar-refractivity contribution in [3.8, 4) is 11.4 Å². The maximum atomic E-state index is 4.84. The largest absolute Gasteiger partial charge is 0.369 e. The van der Waals surface area contributed by atoms with Crippen molar-refractivity contribution >= 4 is 16.9 Å². The highest BCUT2D eigenvalue weighted by Crippen LogP contribution is 2.28. The summed E-state index contributed by atoms with van der Waals surface area (Å²) in [6.45, 7) is 9.94. The van der Waals surface area contributed by atoms with E-state index in [1.54, 1.807) is 12.4 Å². The summed E-state index contributed by atoms with van der Waals surface area (Å²) >= 11 is 0. The van der Waals surface area contributed by atoms with Crippen molar-refractivity contribution in [3.05, 3.63) is 30.2 Å². The summed E-state index contributed by atoms with van der Waals surface area (Å²) in [4.78, 5) is 16.4. The Morgan fingerprint density at radius 1 is 1.21 bits per heavy atom. The molecule has 0 saturated carbocycles. The Bertz CT molecular complexity index is 956. The Hall–Kier alpha value is -2.54. The maximum Gasteiger partial charge on any atom is 0.165 e. The molecule has 3 aromatic rings. The van der Waals surface area contributed by atoms with Gasteiger partial charge in [-0.25, -0.2) is 9.97 Å². The first-order chi connectivity index (χ1) is 14.0. The van der Waals surface area contributed by atoms with Crippen LogP contribution in [-0.2, 0) is 7.05 Å². The minimum atomic E-state index is 0.655. The van der Waals surface area contributed by atoms with Gasteiger partial charge in [0.1, 0.15) is 5.82 Å². The third kappa shape index (κ3) is 4.24. The molecule has 154 valence electrons. The normalized spacial score (nSPS) is 16.0. The first kappa shape index (κ1) is 19.8. The van der Waals surface area contributed by atoms with E-state index in [4.69, 9.17) is 9.97 Å². The van der Waals surface area contributed by atoms with Gasteiger partial charge in [0.25, 0.3) is 0 Å². The Morgan fingerprint density at radius 3 is 2.69 bits per heavy atom. The third-order valence-corrected chi connectivity index (χ3v) is 6.00. The van der Waals surface area contributed by atoms with Crippen molar-refractivity contribution in [2.45, 2.75) is 46.1 Å². The molecule has 1 aliphatic heterocycles. The Kier molecular flexibility index (Phi) is 5.76. The van der Waals surface area contributed by atoms with Crippen LogP contribution in [0.3, 0.4) is 0 Å². The topological polar surface area (TPSA) is 71.8 Å². The van der Waals surface area contributed by atoms with Crippen LogP contribution >= 0.6 is 0 Å². The minimum Gasteiger partial charge on any atom is -0.369 e. The molecule has 0 amide bonds. The Morgan fingerprint density at radius 2 is 2.00 bits per heavy atom. The number of aryl methyl sites for hydroxylation is 2. The molecule has 29 heavy (non-hydrogen) atoms. The van der Waals surface area contributed by atoms with Gasteiger partial charge in [0.2, 0.25) is 0 Å². The number of hydrogen-bond acceptors (Lipinski definition) is 6. The van der Waals surface area contributed by atoms with Crippen LogP contribution in [0.5, 0.6) is 0 Å². The highest BCUT2D eigenvalue weighted by Gasteiger charge is 2.21. The molecule has 7 nitrogen and oxygen atoms in total. The predicted molar refractivity (Wildman–Crippen MR) is 117 cm³/mol. The molecule has 1 fully saturated rings. The quantitative estimate of drug-likeness (QED) is 0.689. The molecule has 0 aromatic carbocycles. The van der Waals surface area contributed by atoms with Crippen molar-refractivity contribution in [2.75, 3.05) is 25.0 Å². The van der Waals surface area contributed by atoms with Gasteiger partial charge in [-0.1, -0.05) is 0 Å². The summed E-state index contributed by atoms with van der Waals surface area (Å²) in [5, 5.41) is 9.17. The molecule has 3 aromatic heterocycles. The average molecular weight is 394 g/mol. The molecule has 1 N–H and O–H groups in total. The number of nitrogens with zero attached hydrogens (tertiary/aromatic N) is 6. The van der Waals surface area contributed by atoms with Gasteiger partial charge in [0, 0.05) is 37.6 Å². The first-order valence-corrected chi connectivity index (χ1v) is 10.6. The van der Waals surface area contributed by atoms with Crippen LogP contribution < -0.4 is 5.32 Å². The van der Waals surface area contributed by atoms with Crippen molar-refractivity contribution in [1.82, 2.24) is 29.6 Å². The molecule has 0 bridgehead atoms. The van der Waals surface area contributed by atoms with Crippen LogP contribution in [0, 0.1) is 12.8 Å². The zero-order valence-corrected chi connectivity index (χ0v) is 17.9. The monoisotopic (exact) mass is 393 g/mol. The van der Waals surface area contributed by atoms with E-state index in [0.29, 0.717) is 11.9 Å². The summed E-state index contributed by atoms with van der Waals surface area (Å²) in [5.74, 6) is 2.34. The lowest BCUT2D eigenvalue weighted by Gasteiger charge is -2.34. The first-order valence-electron chi connectivity index (χ1n) is 10.6. The van der Waals surface area contributed by atoms with E-state index >= 15 is 0 Å². The number of nitrogens with one attached hydrogen (secondary N) is 1. The second-order valence-electron chi connectivity index (χ2n) is 8.33. The lowest BCUT2D eigenvalue weighted by Crippen LogP contribution is -2.38. The summed E-state index contributed by atoms with van der Waals surface area (Å²) in [5.41, 5.74) is 2.72. The molecule has 0 aliphatic carbocycles. The van der Waals surface area contributed by atoms with Crippen LogP contribution in [0.2, 0.25) is 0 Å². The zero-order valence-electron chi connectivity index (χ0n) is 17.9.